The van der Waals surface area contributed by atoms with Crippen molar-refractivity contribution >= 4 is 23.7 Å². The summed E-state index contributed by atoms with van der Waals surface area (Å²) in [5.74, 6) is -1.33. The molecule has 162 valence electrons. The van der Waals surface area contributed by atoms with E-state index in [1.54, 1.807) is 49.4 Å². The molecule has 7 nitrogen and oxygen atoms in total. The van der Waals surface area contributed by atoms with E-state index in [1.807, 2.05) is 12.1 Å². The Bertz CT molecular complexity index is 987. The first-order valence-electron chi connectivity index (χ1n) is 10.2. The van der Waals surface area contributed by atoms with Crippen LogP contribution in [0.5, 0.6) is 0 Å². The Morgan fingerprint density at radius 1 is 1.06 bits per heavy atom. The molecule has 0 spiro atoms. The Kier molecular flexibility index (Phi) is 6.53. The van der Waals surface area contributed by atoms with Crippen LogP contribution in [0.25, 0.3) is 0 Å². The second kappa shape index (κ2) is 9.12. The average molecular weight is 422 g/mol. The van der Waals surface area contributed by atoms with Gasteiger partial charge in [-0.3, -0.25) is 19.3 Å². The van der Waals surface area contributed by atoms with E-state index in [-0.39, 0.29) is 5.78 Å². The maximum absolute atomic E-state index is 12.8. The van der Waals surface area contributed by atoms with Crippen molar-refractivity contribution in [3.63, 3.8) is 0 Å². The predicted octanol–water partition coefficient (Wildman–Crippen LogP) is 3.39. The maximum atomic E-state index is 12.8. The van der Waals surface area contributed by atoms with Crippen molar-refractivity contribution in [2.45, 2.75) is 38.6 Å². The lowest BCUT2D eigenvalue weighted by Gasteiger charge is -2.21. The van der Waals surface area contributed by atoms with E-state index in [4.69, 9.17) is 4.74 Å². The number of Topliss-reactive ketones (excluding diaryl/α,β-unsaturated/α-hetero) is 1. The highest BCUT2D eigenvalue weighted by molar-refractivity contribution is 6.09. The molecule has 1 N–H and O–H groups in total. The van der Waals surface area contributed by atoms with E-state index in [0.717, 1.165) is 16.9 Å². The smallest absolute Gasteiger partial charge is 0.326 e. The molecule has 2 aromatic rings. The SMILES string of the molecule is CC[C@@H](C)c1ccc(C(=O)COC(=O)CN2C(=O)N[C@@](C)(c3ccccc3)C2=O)cc1. The fourth-order valence-electron chi connectivity index (χ4n) is 3.45. The van der Waals surface area contributed by atoms with Gasteiger partial charge in [-0.2, -0.15) is 0 Å². The molecule has 0 aromatic heterocycles. The number of imide groups is 1. The van der Waals surface area contributed by atoms with Crippen LogP contribution in [0.3, 0.4) is 0 Å². The van der Waals surface area contributed by atoms with Gasteiger partial charge in [-0.1, -0.05) is 68.4 Å². The molecule has 3 rings (SSSR count). The lowest BCUT2D eigenvalue weighted by Crippen LogP contribution is -2.41. The van der Waals surface area contributed by atoms with Gasteiger partial charge in [-0.25, -0.2) is 4.79 Å². The van der Waals surface area contributed by atoms with Crippen molar-refractivity contribution in [1.29, 1.82) is 0 Å². The zero-order valence-electron chi connectivity index (χ0n) is 17.9. The number of esters is 1. The minimum absolute atomic E-state index is 0.352. The van der Waals surface area contributed by atoms with Crippen molar-refractivity contribution in [3.8, 4) is 0 Å². The number of carbonyl (C=O) groups excluding carboxylic acids is 4. The molecule has 1 aliphatic rings. The van der Waals surface area contributed by atoms with Crippen molar-refractivity contribution in [2.75, 3.05) is 13.2 Å². The van der Waals surface area contributed by atoms with E-state index in [0.29, 0.717) is 17.0 Å². The van der Waals surface area contributed by atoms with Crippen molar-refractivity contribution < 1.29 is 23.9 Å². The first-order chi connectivity index (χ1) is 14.8. The third kappa shape index (κ3) is 4.66. The molecule has 1 saturated heterocycles. The van der Waals surface area contributed by atoms with E-state index >= 15 is 0 Å². The predicted molar refractivity (Wildman–Crippen MR) is 114 cm³/mol. The average Bonchev–Trinajstić information content (AvgIpc) is 3.01. The summed E-state index contributed by atoms with van der Waals surface area (Å²) in [6.45, 7) is 4.77. The highest BCUT2D eigenvalue weighted by Gasteiger charge is 2.49. The number of nitrogens with one attached hydrogen (secondary N) is 1. The molecular formula is C24H26N2O5. The van der Waals surface area contributed by atoms with Gasteiger partial charge in [0, 0.05) is 5.56 Å². The van der Waals surface area contributed by atoms with Crippen LogP contribution < -0.4 is 5.32 Å². The molecule has 2 aromatic carbocycles. The van der Waals surface area contributed by atoms with Crippen molar-refractivity contribution in [3.05, 3.63) is 71.3 Å². The molecule has 0 aliphatic carbocycles. The Morgan fingerprint density at radius 3 is 2.32 bits per heavy atom. The number of benzene rings is 2. The van der Waals surface area contributed by atoms with Crippen LogP contribution in [0.4, 0.5) is 4.79 Å². The molecule has 3 amide bonds. The van der Waals surface area contributed by atoms with Gasteiger partial charge in [0.2, 0.25) is 0 Å². The van der Waals surface area contributed by atoms with Gasteiger partial charge in [0.1, 0.15) is 12.1 Å². The molecule has 0 saturated carbocycles. The summed E-state index contributed by atoms with van der Waals surface area (Å²) in [6, 6.07) is 15.3. The minimum Gasteiger partial charge on any atom is -0.456 e. The monoisotopic (exact) mass is 422 g/mol. The quantitative estimate of drug-likeness (QED) is 0.400. The summed E-state index contributed by atoms with van der Waals surface area (Å²) < 4.78 is 5.03. The Balaban J connectivity index is 1.58. The summed E-state index contributed by atoms with van der Waals surface area (Å²) in [7, 11) is 0. The molecule has 0 unspecified atom stereocenters. The summed E-state index contributed by atoms with van der Waals surface area (Å²) in [5.41, 5.74) is 0.925. The summed E-state index contributed by atoms with van der Waals surface area (Å²) in [6.07, 6.45) is 0.997. The molecule has 31 heavy (non-hydrogen) atoms. The lowest BCUT2D eigenvalue weighted by atomic mass is 9.92. The summed E-state index contributed by atoms with van der Waals surface area (Å²) >= 11 is 0. The maximum Gasteiger partial charge on any atom is 0.326 e. The molecule has 2 atom stereocenters. The number of urea groups is 1. The van der Waals surface area contributed by atoms with Gasteiger partial charge in [0.05, 0.1) is 0 Å². The van der Waals surface area contributed by atoms with Gasteiger partial charge in [0.15, 0.2) is 12.4 Å². The lowest BCUT2D eigenvalue weighted by molar-refractivity contribution is -0.146. The third-order valence-corrected chi connectivity index (χ3v) is 5.69. The molecule has 1 fully saturated rings. The highest BCUT2D eigenvalue weighted by atomic mass is 16.5. The standard InChI is InChI=1S/C24H26N2O5/c1-4-16(2)17-10-12-18(13-11-17)20(27)15-31-21(28)14-26-22(29)24(3,25-23(26)30)19-8-6-5-7-9-19/h5-13,16H,4,14-15H2,1-3H3,(H,25,30)/t16-,24+/m1/s1. The zero-order chi connectivity index (χ0) is 22.6. The molecule has 1 heterocycles. The fourth-order valence-corrected chi connectivity index (χ4v) is 3.45. The van der Waals surface area contributed by atoms with Gasteiger partial charge in [-0.15, -0.1) is 0 Å². The van der Waals surface area contributed by atoms with Crippen LogP contribution in [-0.2, 0) is 19.9 Å². The number of carbonyl (C=O) groups is 4. The second-order valence-corrected chi connectivity index (χ2v) is 7.83. The van der Waals surface area contributed by atoms with E-state index in [9.17, 15) is 19.2 Å². The van der Waals surface area contributed by atoms with Crippen LogP contribution in [0.15, 0.2) is 54.6 Å². The fraction of sp³-hybridized carbons (Fsp3) is 0.333. The molecular weight excluding hydrogens is 396 g/mol. The number of amides is 3. The molecule has 1 aliphatic heterocycles. The van der Waals surface area contributed by atoms with Gasteiger partial charge < -0.3 is 10.1 Å². The first-order valence-corrected chi connectivity index (χ1v) is 10.2. The van der Waals surface area contributed by atoms with E-state index in [1.165, 1.54) is 0 Å². The normalized spacial score (nSPS) is 19.1. The minimum atomic E-state index is -1.26. The Labute approximate surface area is 181 Å². The molecule has 0 bridgehead atoms. The van der Waals surface area contributed by atoms with Crippen LogP contribution in [0, 0.1) is 0 Å². The number of rotatable bonds is 8. The molecule has 0 radical (unpaired) electrons. The van der Waals surface area contributed by atoms with E-state index < -0.39 is 36.6 Å². The first kappa shape index (κ1) is 22.2. The van der Waals surface area contributed by atoms with Gasteiger partial charge in [-0.05, 0) is 30.4 Å². The number of ketones is 1. The Hall–Kier alpha value is -3.48. The topological polar surface area (TPSA) is 92.8 Å². The van der Waals surface area contributed by atoms with Crippen LogP contribution >= 0.6 is 0 Å². The van der Waals surface area contributed by atoms with Crippen molar-refractivity contribution in [1.82, 2.24) is 10.2 Å². The number of ether oxygens (including phenoxy) is 1. The van der Waals surface area contributed by atoms with Crippen LogP contribution in [0.1, 0.15) is 54.6 Å². The summed E-state index contributed by atoms with van der Waals surface area (Å²) in [4.78, 5) is 50.4. The van der Waals surface area contributed by atoms with Crippen molar-refractivity contribution in [2.24, 2.45) is 0 Å². The Morgan fingerprint density at radius 2 is 1.71 bits per heavy atom. The molecule has 7 heteroatoms. The van der Waals surface area contributed by atoms with Crippen LogP contribution in [0.2, 0.25) is 0 Å². The van der Waals surface area contributed by atoms with E-state index in [2.05, 4.69) is 19.2 Å². The van der Waals surface area contributed by atoms with Crippen LogP contribution in [-0.4, -0.2) is 41.7 Å². The second-order valence-electron chi connectivity index (χ2n) is 7.83. The number of hydrogen-bond donors (Lipinski definition) is 1. The van der Waals surface area contributed by atoms with Gasteiger partial charge in [0.25, 0.3) is 5.91 Å². The largest absolute Gasteiger partial charge is 0.456 e. The summed E-state index contributed by atoms with van der Waals surface area (Å²) in [5, 5.41) is 2.62. The number of hydrogen-bond acceptors (Lipinski definition) is 5. The van der Waals surface area contributed by atoms with Gasteiger partial charge >= 0.3 is 12.0 Å². The zero-order valence-corrected chi connectivity index (χ0v) is 17.9. The highest BCUT2D eigenvalue weighted by Crippen LogP contribution is 2.28. The third-order valence-electron chi connectivity index (χ3n) is 5.69. The number of nitrogens with zero attached hydrogens (tertiary/aromatic N) is 1.